The minimum atomic E-state index is -0.752. The third kappa shape index (κ3) is 10.7. The van der Waals surface area contributed by atoms with Gasteiger partial charge in [-0.25, -0.2) is 4.79 Å². The fourth-order valence-electron chi connectivity index (χ4n) is 3.21. The second-order valence-corrected chi connectivity index (χ2v) is 8.45. The van der Waals surface area contributed by atoms with Crippen LogP contribution < -0.4 is 0 Å². The molecule has 0 aliphatic carbocycles. The van der Waals surface area contributed by atoms with Crippen molar-refractivity contribution in [1.29, 1.82) is 0 Å². The molecule has 4 heteroatoms. The second kappa shape index (κ2) is 14.4. The number of hydrogen-bond acceptors (Lipinski definition) is 4. The first-order valence-electron chi connectivity index (χ1n) is 11.1. The van der Waals surface area contributed by atoms with Crippen molar-refractivity contribution in [1.82, 2.24) is 0 Å². The summed E-state index contributed by atoms with van der Waals surface area (Å²) in [6, 6.07) is 0. The van der Waals surface area contributed by atoms with E-state index >= 15 is 0 Å². The van der Waals surface area contributed by atoms with Gasteiger partial charge < -0.3 is 9.47 Å². The van der Waals surface area contributed by atoms with Crippen LogP contribution in [0.2, 0.25) is 0 Å². The molecule has 1 atom stereocenters. The SMILES string of the molecule is CCCCC/C=C\C/C=C\CCCCCCCC(=O)O[C@H]1C(=O)OCC1(C)C. The molecule has 0 saturated carbocycles. The molecule has 1 rings (SSSR count). The Kier molecular flexibility index (Phi) is 12.6. The first-order valence-corrected chi connectivity index (χ1v) is 11.1. The van der Waals surface area contributed by atoms with Gasteiger partial charge in [0.15, 0.2) is 0 Å². The molecule has 0 N–H and O–H groups in total. The molecular formula is C24H40O4. The van der Waals surface area contributed by atoms with Gasteiger partial charge in [0.1, 0.15) is 6.61 Å². The molecule has 0 spiro atoms. The average molecular weight is 393 g/mol. The number of carbonyl (C=O) groups excluding carboxylic acids is 2. The van der Waals surface area contributed by atoms with Crippen molar-refractivity contribution in [2.24, 2.45) is 5.41 Å². The summed E-state index contributed by atoms with van der Waals surface area (Å²) in [5, 5.41) is 0. The van der Waals surface area contributed by atoms with E-state index in [1.165, 1.54) is 38.5 Å². The molecule has 1 aliphatic rings. The normalized spacial score (nSPS) is 18.8. The fourth-order valence-corrected chi connectivity index (χ4v) is 3.21. The van der Waals surface area contributed by atoms with Crippen molar-refractivity contribution in [2.75, 3.05) is 6.61 Å². The lowest BCUT2D eigenvalue weighted by Crippen LogP contribution is -2.34. The van der Waals surface area contributed by atoms with Gasteiger partial charge in [0.25, 0.3) is 0 Å². The lowest BCUT2D eigenvalue weighted by molar-refractivity contribution is -0.163. The Morgan fingerprint density at radius 3 is 2.21 bits per heavy atom. The Morgan fingerprint density at radius 1 is 1.00 bits per heavy atom. The minimum absolute atomic E-state index is 0.289. The van der Waals surface area contributed by atoms with Gasteiger partial charge in [-0.15, -0.1) is 0 Å². The molecule has 28 heavy (non-hydrogen) atoms. The van der Waals surface area contributed by atoms with E-state index in [1.54, 1.807) is 0 Å². The van der Waals surface area contributed by atoms with Crippen LogP contribution >= 0.6 is 0 Å². The molecule has 1 heterocycles. The van der Waals surface area contributed by atoms with Crippen molar-refractivity contribution in [3.05, 3.63) is 24.3 Å². The van der Waals surface area contributed by atoms with Gasteiger partial charge in [0, 0.05) is 11.8 Å². The van der Waals surface area contributed by atoms with Crippen LogP contribution in [0.3, 0.4) is 0 Å². The largest absolute Gasteiger partial charge is 0.462 e. The van der Waals surface area contributed by atoms with Crippen LogP contribution in [0, 0.1) is 5.41 Å². The smallest absolute Gasteiger partial charge is 0.348 e. The topological polar surface area (TPSA) is 52.6 Å². The van der Waals surface area contributed by atoms with E-state index in [0.717, 1.165) is 32.1 Å². The Bertz CT molecular complexity index is 505. The molecular weight excluding hydrogens is 352 g/mol. The summed E-state index contributed by atoms with van der Waals surface area (Å²) in [7, 11) is 0. The maximum absolute atomic E-state index is 11.9. The predicted octanol–water partition coefficient (Wildman–Crippen LogP) is 6.29. The zero-order valence-corrected chi connectivity index (χ0v) is 18.2. The molecule has 160 valence electrons. The number of ether oxygens (including phenoxy) is 2. The van der Waals surface area contributed by atoms with Crippen molar-refractivity contribution in [3.8, 4) is 0 Å². The summed E-state index contributed by atoms with van der Waals surface area (Å²) in [6.45, 7) is 6.31. The summed E-state index contributed by atoms with van der Waals surface area (Å²) in [6.07, 6.45) is 21.4. The van der Waals surface area contributed by atoms with Crippen LogP contribution in [0.1, 0.15) is 97.8 Å². The molecule has 0 amide bonds. The Hall–Kier alpha value is -1.58. The molecule has 4 nitrogen and oxygen atoms in total. The number of hydrogen-bond donors (Lipinski definition) is 0. The second-order valence-electron chi connectivity index (χ2n) is 8.45. The summed E-state index contributed by atoms with van der Waals surface area (Å²) in [4.78, 5) is 23.6. The van der Waals surface area contributed by atoms with E-state index < -0.39 is 17.5 Å². The molecule has 1 fully saturated rings. The van der Waals surface area contributed by atoms with Gasteiger partial charge in [-0.3, -0.25) is 4.79 Å². The number of unbranched alkanes of at least 4 members (excludes halogenated alkanes) is 8. The lowest BCUT2D eigenvalue weighted by Gasteiger charge is -2.21. The Labute approximate surface area is 171 Å². The molecule has 0 aromatic heterocycles. The number of esters is 2. The highest BCUT2D eigenvalue weighted by atomic mass is 16.6. The molecule has 0 unspecified atom stereocenters. The van der Waals surface area contributed by atoms with Crippen LogP contribution in [0.4, 0.5) is 0 Å². The van der Waals surface area contributed by atoms with Gasteiger partial charge in [0.05, 0.1) is 0 Å². The number of carbonyl (C=O) groups is 2. The van der Waals surface area contributed by atoms with Crippen LogP contribution in [0.25, 0.3) is 0 Å². The van der Waals surface area contributed by atoms with Crippen molar-refractivity contribution in [2.45, 2.75) is 104 Å². The van der Waals surface area contributed by atoms with Crippen LogP contribution in [-0.4, -0.2) is 24.6 Å². The van der Waals surface area contributed by atoms with Gasteiger partial charge in [0.2, 0.25) is 6.10 Å². The van der Waals surface area contributed by atoms with Crippen LogP contribution in [0.15, 0.2) is 24.3 Å². The zero-order chi connectivity index (χ0) is 20.7. The maximum atomic E-state index is 11.9. The van der Waals surface area contributed by atoms with E-state index in [4.69, 9.17) is 9.47 Å². The number of allylic oxidation sites excluding steroid dienone is 4. The monoisotopic (exact) mass is 392 g/mol. The lowest BCUT2D eigenvalue weighted by atomic mass is 9.90. The highest BCUT2D eigenvalue weighted by Gasteiger charge is 2.46. The van der Waals surface area contributed by atoms with Crippen molar-refractivity contribution >= 4 is 11.9 Å². The number of rotatable bonds is 15. The van der Waals surface area contributed by atoms with E-state index in [2.05, 4.69) is 31.2 Å². The standard InChI is InChI=1S/C24H40O4/c1-4-5-6-7-8-9-10-11-12-13-14-15-16-17-18-19-21(25)28-22-23(26)27-20-24(22,2)3/h8-9,11-12,22H,4-7,10,13-20H2,1-3H3/b9-8-,12-11-/t22-/m0/s1. The average Bonchev–Trinajstić information content (AvgIpc) is 2.91. The van der Waals surface area contributed by atoms with Crippen LogP contribution in [-0.2, 0) is 19.1 Å². The van der Waals surface area contributed by atoms with Gasteiger partial charge >= 0.3 is 11.9 Å². The van der Waals surface area contributed by atoms with E-state index in [1.807, 2.05) is 13.8 Å². The van der Waals surface area contributed by atoms with E-state index in [0.29, 0.717) is 13.0 Å². The molecule has 1 aliphatic heterocycles. The highest BCUT2D eigenvalue weighted by molar-refractivity contribution is 5.81. The van der Waals surface area contributed by atoms with Crippen molar-refractivity contribution in [3.63, 3.8) is 0 Å². The molecule has 0 radical (unpaired) electrons. The zero-order valence-electron chi connectivity index (χ0n) is 18.2. The first kappa shape index (κ1) is 24.5. The summed E-state index contributed by atoms with van der Waals surface area (Å²) in [5.74, 6) is -0.707. The summed E-state index contributed by atoms with van der Waals surface area (Å²) < 4.78 is 10.3. The number of cyclic esters (lactones) is 1. The van der Waals surface area contributed by atoms with Crippen LogP contribution in [0.5, 0.6) is 0 Å². The maximum Gasteiger partial charge on any atom is 0.348 e. The molecule has 0 aromatic carbocycles. The van der Waals surface area contributed by atoms with Crippen molar-refractivity contribution < 1.29 is 19.1 Å². The van der Waals surface area contributed by atoms with Gasteiger partial charge in [-0.2, -0.15) is 0 Å². The first-order chi connectivity index (χ1) is 13.5. The summed E-state index contributed by atoms with van der Waals surface area (Å²) in [5.41, 5.74) is -0.425. The summed E-state index contributed by atoms with van der Waals surface area (Å²) >= 11 is 0. The Morgan fingerprint density at radius 2 is 1.61 bits per heavy atom. The molecule has 0 aromatic rings. The quantitative estimate of drug-likeness (QED) is 0.186. The van der Waals surface area contributed by atoms with E-state index in [-0.39, 0.29) is 5.97 Å². The van der Waals surface area contributed by atoms with Gasteiger partial charge in [-0.1, -0.05) is 77.2 Å². The highest BCUT2D eigenvalue weighted by Crippen LogP contribution is 2.31. The molecule has 1 saturated heterocycles. The third-order valence-corrected chi connectivity index (χ3v) is 5.09. The van der Waals surface area contributed by atoms with E-state index in [9.17, 15) is 9.59 Å². The third-order valence-electron chi connectivity index (χ3n) is 5.09. The van der Waals surface area contributed by atoms with Gasteiger partial charge in [-0.05, 0) is 38.5 Å². The predicted molar refractivity (Wildman–Crippen MR) is 114 cm³/mol. The minimum Gasteiger partial charge on any atom is -0.462 e. The molecule has 0 bridgehead atoms. The Balaban J connectivity index is 1.94. The fraction of sp³-hybridized carbons (Fsp3) is 0.750.